The van der Waals surface area contributed by atoms with E-state index in [9.17, 15) is 0 Å². The summed E-state index contributed by atoms with van der Waals surface area (Å²) < 4.78 is 6.17. The molecule has 1 heterocycles. The van der Waals surface area contributed by atoms with Gasteiger partial charge in [0, 0.05) is 36.8 Å². The number of aromatic amines is 1. The molecule has 1 aromatic heterocycles. The van der Waals surface area contributed by atoms with E-state index in [-0.39, 0.29) is 0 Å². The molecule has 2 aliphatic carbocycles. The molecule has 24 heavy (non-hydrogen) atoms. The molecule has 0 aliphatic heterocycles. The predicted octanol–water partition coefficient (Wildman–Crippen LogP) is 2.90. The highest BCUT2D eigenvalue weighted by Gasteiger charge is 2.38. The van der Waals surface area contributed by atoms with Crippen LogP contribution in [0.5, 0.6) is 0 Å². The smallest absolute Gasteiger partial charge is 0.0575 e. The molecule has 5 heteroatoms. The van der Waals surface area contributed by atoms with Crippen molar-refractivity contribution in [3.8, 4) is 0 Å². The van der Waals surface area contributed by atoms with Gasteiger partial charge in [0.2, 0.25) is 0 Å². The topological polar surface area (TPSA) is 53.2 Å². The first-order valence-corrected chi connectivity index (χ1v) is 9.56. The van der Waals surface area contributed by atoms with Crippen LogP contribution in [0.4, 0.5) is 0 Å². The van der Waals surface area contributed by atoms with E-state index >= 15 is 0 Å². The van der Waals surface area contributed by atoms with Crippen molar-refractivity contribution in [2.75, 3.05) is 33.8 Å². The lowest BCUT2D eigenvalue weighted by molar-refractivity contribution is 0.00204. The second-order valence-corrected chi connectivity index (χ2v) is 8.25. The third kappa shape index (κ3) is 4.80. The first-order valence-electron chi connectivity index (χ1n) is 9.56. The lowest BCUT2D eigenvalue weighted by Gasteiger charge is -2.29. The van der Waals surface area contributed by atoms with E-state index in [0.29, 0.717) is 17.4 Å². The Labute approximate surface area is 146 Å². The summed E-state index contributed by atoms with van der Waals surface area (Å²) in [6.45, 7) is 6.36. The molecule has 0 amide bonds. The Balaban J connectivity index is 1.46. The molecule has 2 fully saturated rings. The van der Waals surface area contributed by atoms with Gasteiger partial charge in [-0.3, -0.25) is 5.10 Å². The summed E-state index contributed by atoms with van der Waals surface area (Å²) in [4.78, 5) is 2.36. The van der Waals surface area contributed by atoms with Crippen molar-refractivity contribution < 1.29 is 4.74 Å². The van der Waals surface area contributed by atoms with Crippen LogP contribution in [0.2, 0.25) is 0 Å². The number of likely N-dealkylation sites (N-methyl/N-ethyl adjacent to an activating group) is 2. The lowest BCUT2D eigenvalue weighted by atomic mass is 9.84. The van der Waals surface area contributed by atoms with Gasteiger partial charge < -0.3 is 15.0 Å². The zero-order valence-corrected chi connectivity index (χ0v) is 15.6. The van der Waals surface area contributed by atoms with E-state index < -0.39 is 0 Å². The second kappa shape index (κ2) is 7.98. The monoisotopic (exact) mass is 334 g/mol. The van der Waals surface area contributed by atoms with E-state index in [0.717, 1.165) is 26.2 Å². The van der Waals surface area contributed by atoms with Crippen molar-refractivity contribution in [3.63, 3.8) is 0 Å². The van der Waals surface area contributed by atoms with Gasteiger partial charge in [0.15, 0.2) is 0 Å². The summed E-state index contributed by atoms with van der Waals surface area (Å²) in [5, 5.41) is 10.8. The van der Waals surface area contributed by atoms with Gasteiger partial charge in [0.25, 0.3) is 0 Å². The van der Waals surface area contributed by atoms with Crippen molar-refractivity contribution in [1.29, 1.82) is 0 Å². The molecule has 2 saturated carbocycles. The SMILES string of the molecule is CNCCN(C)Cc1cn[nH]c1C1CCC(OCC2(C)CC2)CC1. The van der Waals surface area contributed by atoms with Gasteiger partial charge in [0.05, 0.1) is 18.9 Å². The molecule has 136 valence electrons. The Morgan fingerprint density at radius 3 is 2.75 bits per heavy atom. The van der Waals surface area contributed by atoms with Crippen LogP contribution in [0.15, 0.2) is 6.20 Å². The average Bonchev–Trinajstić information content (AvgIpc) is 3.15. The molecule has 0 radical (unpaired) electrons. The van der Waals surface area contributed by atoms with Crippen molar-refractivity contribution in [1.82, 2.24) is 20.4 Å². The number of rotatable bonds is 9. The van der Waals surface area contributed by atoms with Crippen molar-refractivity contribution >= 4 is 0 Å². The number of aromatic nitrogens is 2. The highest BCUT2D eigenvalue weighted by Crippen LogP contribution is 2.46. The fourth-order valence-electron chi connectivity index (χ4n) is 3.67. The Kier molecular flexibility index (Phi) is 5.95. The first-order chi connectivity index (χ1) is 11.6. The highest BCUT2D eigenvalue weighted by atomic mass is 16.5. The molecule has 3 rings (SSSR count). The Morgan fingerprint density at radius 2 is 2.08 bits per heavy atom. The van der Waals surface area contributed by atoms with Crippen molar-refractivity contribution in [2.24, 2.45) is 5.41 Å². The standard InChI is InChI=1S/C19H34N4O/c1-19(8-9-19)14-24-17-6-4-15(5-7-17)18-16(12-21-22-18)13-23(3)11-10-20-2/h12,15,17,20H,4-11,13-14H2,1-3H3,(H,21,22). The van der Waals surface area contributed by atoms with Crippen LogP contribution in [0.3, 0.4) is 0 Å². The minimum Gasteiger partial charge on any atom is -0.378 e. The van der Waals surface area contributed by atoms with E-state index in [1.54, 1.807) is 0 Å². The van der Waals surface area contributed by atoms with E-state index in [1.807, 2.05) is 13.2 Å². The summed E-state index contributed by atoms with van der Waals surface area (Å²) in [6.07, 6.45) is 10.0. The summed E-state index contributed by atoms with van der Waals surface area (Å²) in [5.41, 5.74) is 3.23. The number of nitrogens with one attached hydrogen (secondary N) is 2. The van der Waals surface area contributed by atoms with Gasteiger partial charge in [-0.15, -0.1) is 0 Å². The third-order valence-electron chi connectivity index (χ3n) is 5.79. The second-order valence-electron chi connectivity index (χ2n) is 8.25. The fraction of sp³-hybridized carbons (Fsp3) is 0.842. The predicted molar refractivity (Wildman–Crippen MR) is 97.1 cm³/mol. The van der Waals surface area contributed by atoms with Crippen molar-refractivity contribution in [3.05, 3.63) is 17.5 Å². The van der Waals surface area contributed by atoms with Crippen molar-refractivity contribution in [2.45, 2.75) is 64.0 Å². The number of hydrogen-bond donors (Lipinski definition) is 2. The molecule has 0 atom stereocenters. The Bertz CT molecular complexity index is 503. The molecule has 0 unspecified atom stereocenters. The molecule has 0 aromatic carbocycles. The molecule has 2 aliphatic rings. The number of ether oxygens (including phenoxy) is 1. The van der Waals surface area contributed by atoms with Crippen LogP contribution < -0.4 is 5.32 Å². The first kappa shape index (κ1) is 17.9. The van der Waals surface area contributed by atoms with Crippen LogP contribution >= 0.6 is 0 Å². The maximum absolute atomic E-state index is 6.17. The average molecular weight is 335 g/mol. The molecule has 1 aromatic rings. The van der Waals surface area contributed by atoms with Crippen LogP contribution in [0.1, 0.15) is 62.6 Å². The van der Waals surface area contributed by atoms with Crippen LogP contribution in [0, 0.1) is 5.41 Å². The Morgan fingerprint density at radius 1 is 1.33 bits per heavy atom. The van der Waals surface area contributed by atoms with Gasteiger partial charge in [-0.1, -0.05) is 6.92 Å². The molecule has 2 N–H and O–H groups in total. The molecule has 5 nitrogen and oxygen atoms in total. The third-order valence-corrected chi connectivity index (χ3v) is 5.79. The van der Waals surface area contributed by atoms with Crippen LogP contribution in [-0.2, 0) is 11.3 Å². The largest absolute Gasteiger partial charge is 0.378 e. The minimum atomic E-state index is 0.475. The van der Waals surface area contributed by atoms with Gasteiger partial charge in [-0.2, -0.15) is 5.10 Å². The highest BCUT2D eigenvalue weighted by molar-refractivity contribution is 5.21. The summed E-state index contributed by atoms with van der Waals surface area (Å²) in [6, 6.07) is 0. The normalized spacial score (nSPS) is 26.0. The quantitative estimate of drug-likeness (QED) is 0.729. The van der Waals surface area contributed by atoms with Gasteiger partial charge in [-0.05, 0) is 58.0 Å². The van der Waals surface area contributed by atoms with E-state index in [4.69, 9.17) is 4.74 Å². The number of H-pyrrole nitrogens is 1. The summed E-state index contributed by atoms with van der Waals surface area (Å²) in [5.74, 6) is 0.622. The number of nitrogens with zero attached hydrogens (tertiary/aromatic N) is 2. The molecular weight excluding hydrogens is 300 g/mol. The maximum atomic E-state index is 6.17. The molecule has 0 bridgehead atoms. The van der Waals surface area contributed by atoms with Gasteiger partial charge in [-0.25, -0.2) is 0 Å². The zero-order valence-electron chi connectivity index (χ0n) is 15.6. The van der Waals surface area contributed by atoms with Crippen LogP contribution in [-0.4, -0.2) is 55.0 Å². The molecule has 0 spiro atoms. The summed E-state index contributed by atoms with van der Waals surface area (Å²) >= 11 is 0. The maximum Gasteiger partial charge on any atom is 0.0575 e. The van der Waals surface area contributed by atoms with Gasteiger partial charge in [0.1, 0.15) is 0 Å². The van der Waals surface area contributed by atoms with E-state index in [1.165, 1.54) is 49.8 Å². The Hall–Kier alpha value is -0.910. The lowest BCUT2D eigenvalue weighted by Crippen LogP contribution is -2.28. The fourth-order valence-corrected chi connectivity index (χ4v) is 3.67. The van der Waals surface area contributed by atoms with E-state index in [2.05, 4.69) is 34.4 Å². The zero-order chi connectivity index (χ0) is 17.0. The molecule has 0 saturated heterocycles. The van der Waals surface area contributed by atoms with Crippen LogP contribution in [0.25, 0.3) is 0 Å². The van der Waals surface area contributed by atoms with Gasteiger partial charge >= 0.3 is 0 Å². The number of hydrogen-bond acceptors (Lipinski definition) is 4. The summed E-state index contributed by atoms with van der Waals surface area (Å²) in [7, 11) is 4.18. The minimum absolute atomic E-state index is 0.475. The molecular formula is C19H34N4O.